The third kappa shape index (κ3) is 1.96. The van der Waals surface area contributed by atoms with Crippen molar-refractivity contribution in [1.29, 1.82) is 0 Å². The van der Waals surface area contributed by atoms with Crippen LogP contribution in [-0.2, 0) is 19.1 Å². The van der Waals surface area contributed by atoms with Gasteiger partial charge in [0.15, 0.2) is 5.78 Å². The molecule has 2 heterocycles. The fraction of sp³-hybridized carbons (Fsp3) is 0.818. The highest BCUT2D eigenvalue weighted by molar-refractivity contribution is 6.04. The van der Waals surface area contributed by atoms with Crippen molar-refractivity contribution in [1.82, 2.24) is 0 Å². The number of Topliss-reactive ketones (excluding diaryl/α,β-unsaturated/α-hetero) is 1. The summed E-state index contributed by atoms with van der Waals surface area (Å²) in [6.45, 7) is 6.73. The third-order valence-electron chi connectivity index (χ3n) is 9.41. The first kappa shape index (κ1) is 20.6. The van der Waals surface area contributed by atoms with Gasteiger partial charge in [0.2, 0.25) is 5.79 Å². The predicted octanol–water partition coefficient (Wildman–Crippen LogP) is -0.0812. The number of esters is 1. The Morgan fingerprint density at radius 2 is 1.97 bits per heavy atom. The second kappa shape index (κ2) is 5.92. The summed E-state index contributed by atoms with van der Waals surface area (Å²) in [5.41, 5.74) is -3.08. The van der Waals surface area contributed by atoms with Crippen LogP contribution < -0.4 is 0 Å². The molecule has 6 rings (SSSR count). The molecule has 0 aromatic carbocycles. The number of carbonyl (C=O) groups is 2. The molecule has 30 heavy (non-hydrogen) atoms. The van der Waals surface area contributed by atoms with E-state index in [2.05, 4.69) is 6.58 Å². The van der Waals surface area contributed by atoms with Gasteiger partial charge in [-0.15, -0.1) is 0 Å². The minimum atomic E-state index is -2.15. The highest BCUT2D eigenvalue weighted by Gasteiger charge is 2.85. The molecule has 10 atom stereocenters. The molecular formula is C22H30O8. The average Bonchev–Trinajstić information content (AvgIpc) is 2.88. The van der Waals surface area contributed by atoms with E-state index in [1.54, 1.807) is 6.92 Å². The van der Waals surface area contributed by atoms with Crippen LogP contribution in [0.5, 0.6) is 0 Å². The fourth-order valence-corrected chi connectivity index (χ4v) is 8.05. The molecule has 2 saturated heterocycles. The van der Waals surface area contributed by atoms with Gasteiger partial charge in [0.05, 0.1) is 30.8 Å². The Morgan fingerprint density at radius 1 is 1.27 bits per heavy atom. The van der Waals surface area contributed by atoms with Crippen molar-refractivity contribution < 1.29 is 39.5 Å². The Balaban J connectivity index is 1.71. The minimum Gasteiger partial charge on any atom is -0.465 e. The summed E-state index contributed by atoms with van der Waals surface area (Å²) in [5.74, 6) is -4.27. The Hall–Kier alpha value is -1.32. The van der Waals surface area contributed by atoms with Crippen LogP contribution >= 0.6 is 0 Å². The van der Waals surface area contributed by atoms with Crippen molar-refractivity contribution in [2.24, 2.45) is 34.0 Å². The first-order valence-corrected chi connectivity index (χ1v) is 10.7. The molecule has 4 bridgehead atoms. The number of allylic oxidation sites excluding steroid dienone is 1. The van der Waals surface area contributed by atoms with E-state index < -0.39 is 58.1 Å². The van der Waals surface area contributed by atoms with Gasteiger partial charge in [-0.05, 0) is 36.7 Å². The smallest absolute Gasteiger partial charge is 0.302 e. The van der Waals surface area contributed by atoms with Gasteiger partial charge < -0.3 is 29.9 Å². The third-order valence-corrected chi connectivity index (χ3v) is 9.41. The molecule has 6 fully saturated rings. The zero-order valence-electron chi connectivity index (χ0n) is 17.3. The molecule has 8 nitrogen and oxygen atoms in total. The lowest BCUT2D eigenvalue weighted by molar-refractivity contribution is -0.455. The molecular weight excluding hydrogens is 392 g/mol. The van der Waals surface area contributed by atoms with E-state index in [-0.39, 0.29) is 31.3 Å². The Labute approximate surface area is 174 Å². The second-order valence-corrected chi connectivity index (χ2v) is 10.4. The van der Waals surface area contributed by atoms with Crippen molar-refractivity contribution >= 4 is 11.8 Å². The number of hydrogen-bond acceptors (Lipinski definition) is 8. The van der Waals surface area contributed by atoms with Gasteiger partial charge >= 0.3 is 5.97 Å². The molecule has 0 unspecified atom stereocenters. The highest BCUT2D eigenvalue weighted by Crippen LogP contribution is 2.76. The monoisotopic (exact) mass is 422 g/mol. The SMILES string of the molecule is C=C1C(=O)[C@]23C[C@H]1CC[C@H]2[C@@]12CO[C@]3(O)[C@@H](O)[C@@H]1[C@](C)(COC(C)=O)[C@@H](O)C[C@H]2O. The van der Waals surface area contributed by atoms with Gasteiger partial charge in [0, 0.05) is 30.1 Å². The van der Waals surface area contributed by atoms with E-state index in [9.17, 15) is 30.0 Å². The standard InChI is InChI=1S/C22H30O8/c1-10-12-4-5-13-20-9-30-22(28,21(13,7-12)17(10)26)18(27)16(20)19(3,8-29-11(2)23)14(24)6-15(20)25/h12-16,18,24-25,27-28H,1,4-9H2,2-3H3/t12-,13+,14+,15-,16-,18+,19-,20-,21+,22-/m1/s1. The van der Waals surface area contributed by atoms with Crippen LogP contribution in [0, 0.1) is 34.0 Å². The van der Waals surface area contributed by atoms with E-state index in [4.69, 9.17) is 9.47 Å². The van der Waals surface area contributed by atoms with Crippen molar-refractivity contribution in [3.05, 3.63) is 12.2 Å². The van der Waals surface area contributed by atoms with Crippen molar-refractivity contribution in [2.45, 2.75) is 63.6 Å². The quantitative estimate of drug-likeness (QED) is 0.359. The number of aliphatic hydroxyl groups is 4. The molecule has 2 spiro atoms. The lowest BCUT2D eigenvalue weighted by atomic mass is 9.35. The Kier molecular flexibility index (Phi) is 4.06. The molecule has 2 aliphatic heterocycles. The first-order chi connectivity index (χ1) is 14.0. The molecule has 0 radical (unpaired) electrons. The largest absolute Gasteiger partial charge is 0.465 e. The van der Waals surface area contributed by atoms with Gasteiger partial charge in [-0.25, -0.2) is 0 Å². The Bertz CT molecular complexity index is 841. The number of carbonyl (C=O) groups excluding carboxylic acids is 2. The highest BCUT2D eigenvalue weighted by atomic mass is 16.6. The van der Waals surface area contributed by atoms with Gasteiger partial charge in [-0.1, -0.05) is 13.5 Å². The van der Waals surface area contributed by atoms with E-state index in [0.29, 0.717) is 24.8 Å². The number of ketones is 1. The molecule has 166 valence electrons. The van der Waals surface area contributed by atoms with E-state index in [0.717, 1.165) is 0 Å². The second-order valence-electron chi connectivity index (χ2n) is 10.4. The topological polar surface area (TPSA) is 134 Å². The van der Waals surface area contributed by atoms with Crippen molar-refractivity contribution in [3.63, 3.8) is 0 Å². The molecule has 0 aromatic heterocycles. The van der Waals surface area contributed by atoms with E-state index in [1.165, 1.54) is 6.92 Å². The predicted molar refractivity (Wildman–Crippen MR) is 102 cm³/mol. The van der Waals surface area contributed by atoms with Gasteiger partial charge in [-0.2, -0.15) is 0 Å². The van der Waals surface area contributed by atoms with Crippen LogP contribution in [0.3, 0.4) is 0 Å². The molecule has 8 heteroatoms. The number of rotatable bonds is 2. The maximum Gasteiger partial charge on any atom is 0.302 e. The Morgan fingerprint density at radius 3 is 2.63 bits per heavy atom. The summed E-state index contributed by atoms with van der Waals surface area (Å²) >= 11 is 0. The summed E-state index contributed by atoms with van der Waals surface area (Å²) in [5, 5.41) is 45.5. The molecule has 4 aliphatic carbocycles. The lowest BCUT2D eigenvalue weighted by Crippen LogP contribution is -2.85. The molecule has 4 N–H and O–H groups in total. The van der Waals surface area contributed by atoms with Crippen LogP contribution in [0.15, 0.2) is 12.2 Å². The summed E-state index contributed by atoms with van der Waals surface area (Å²) < 4.78 is 11.1. The molecule has 6 aliphatic rings. The van der Waals surface area contributed by atoms with Gasteiger partial charge in [0.25, 0.3) is 0 Å². The maximum absolute atomic E-state index is 13.5. The number of aliphatic hydroxyl groups excluding tert-OH is 3. The molecule has 0 amide bonds. The van der Waals surface area contributed by atoms with Crippen LogP contribution in [-0.4, -0.2) is 69.5 Å². The van der Waals surface area contributed by atoms with E-state index in [1.807, 2.05) is 0 Å². The molecule has 4 saturated carbocycles. The van der Waals surface area contributed by atoms with Crippen LogP contribution in [0.4, 0.5) is 0 Å². The van der Waals surface area contributed by atoms with E-state index >= 15 is 0 Å². The minimum absolute atomic E-state index is 0.00786. The lowest BCUT2D eigenvalue weighted by Gasteiger charge is -2.74. The van der Waals surface area contributed by atoms with Gasteiger partial charge in [0.1, 0.15) is 6.10 Å². The summed E-state index contributed by atoms with van der Waals surface area (Å²) in [7, 11) is 0. The van der Waals surface area contributed by atoms with Crippen molar-refractivity contribution in [2.75, 3.05) is 13.2 Å². The van der Waals surface area contributed by atoms with Crippen LogP contribution in [0.1, 0.15) is 39.5 Å². The van der Waals surface area contributed by atoms with Crippen molar-refractivity contribution in [3.8, 4) is 0 Å². The maximum atomic E-state index is 13.5. The number of ether oxygens (including phenoxy) is 2. The zero-order valence-corrected chi connectivity index (χ0v) is 17.3. The summed E-state index contributed by atoms with van der Waals surface area (Å²) in [6.07, 6.45) is -2.00. The number of hydrogen-bond donors (Lipinski definition) is 4. The first-order valence-electron chi connectivity index (χ1n) is 10.7. The average molecular weight is 422 g/mol. The van der Waals surface area contributed by atoms with Gasteiger partial charge in [-0.3, -0.25) is 9.59 Å². The number of fused-ring (bicyclic) bond motifs is 2. The zero-order chi connectivity index (χ0) is 21.9. The normalized spacial score (nSPS) is 56.5. The molecule has 0 aromatic rings. The van der Waals surface area contributed by atoms with Crippen LogP contribution in [0.2, 0.25) is 0 Å². The van der Waals surface area contributed by atoms with Crippen LogP contribution in [0.25, 0.3) is 0 Å². The fourth-order valence-electron chi connectivity index (χ4n) is 8.05. The summed E-state index contributed by atoms with van der Waals surface area (Å²) in [4.78, 5) is 25.0. The summed E-state index contributed by atoms with van der Waals surface area (Å²) in [6, 6.07) is 0.